The molecule has 2 saturated carbocycles. The van der Waals surface area contributed by atoms with E-state index in [0.29, 0.717) is 17.8 Å². The first kappa shape index (κ1) is 45.6. The highest BCUT2D eigenvalue weighted by molar-refractivity contribution is 5.89. The Morgan fingerprint density at radius 1 is 0.691 bits per heavy atom. The van der Waals surface area contributed by atoms with E-state index in [4.69, 9.17) is 24.2 Å². The summed E-state index contributed by atoms with van der Waals surface area (Å²) in [6, 6.07) is 17.8. The fraction of sp³-hybridized carbons (Fsp3) is 0.509. The molecule has 15 heteroatoms. The minimum absolute atomic E-state index is 0.00129. The predicted molar refractivity (Wildman–Crippen MR) is 257 cm³/mol. The highest BCUT2D eigenvalue weighted by Gasteiger charge is 2.50. The molecule has 3 aliphatic carbocycles. The van der Waals surface area contributed by atoms with Gasteiger partial charge in [-0.3, -0.25) is 9.59 Å². The van der Waals surface area contributed by atoms with Gasteiger partial charge in [-0.2, -0.15) is 0 Å². The molecule has 4 fully saturated rings. The molecule has 0 spiro atoms. The van der Waals surface area contributed by atoms with Crippen molar-refractivity contribution in [3.63, 3.8) is 0 Å². The summed E-state index contributed by atoms with van der Waals surface area (Å²) in [5, 5.41) is 5.49. The summed E-state index contributed by atoms with van der Waals surface area (Å²) in [5.41, 5.74) is 11.5. The molecule has 4 N–H and O–H groups in total. The van der Waals surface area contributed by atoms with Crippen molar-refractivity contribution in [2.45, 2.75) is 140 Å². The van der Waals surface area contributed by atoms with Crippen molar-refractivity contribution in [3.8, 4) is 33.5 Å². The summed E-state index contributed by atoms with van der Waals surface area (Å²) >= 11 is 0. The summed E-state index contributed by atoms with van der Waals surface area (Å²) in [6.45, 7) is 7.70. The summed E-state index contributed by atoms with van der Waals surface area (Å²) in [6.07, 6.45) is 9.06. The Kier molecular flexibility index (Phi) is 12.3. The molecule has 5 aromatic rings. The van der Waals surface area contributed by atoms with Gasteiger partial charge in [0, 0.05) is 19.2 Å². The summed E-state index contributed by atoms with van der Waals surface area (Å²) in [4.78, 5) is 73.8. The van der Waals surface area contributed by atoms with Crippen molar-refractivity contribution in [2.75, 3.05) is 21.3 Å². The molecular formula is C53H64N8O7. The third-order valence-corrected chi connectivity index (χ3v) is 16.1. The van der Waals surface area contributed by atoms with E-state index in [2.05, 4.69) is 82.1 Å². The van der Waals surface area contributed by atoms with E-state index < -0.39 is 30.4 Å². The minimum atomic E-state index is -0.893. The van der Waals surface area contributed by atoms with Gasteiger partial charge in [0.25, 0.3) is 0 Å². The number of hydrogen-bond acceptors (Lipinski definition) is 9. The summed E-state index contributed by atoms with van der Waals surface area (Å²) in [5.74, 6) is 2.49. The van der Waals surface area contributed by atoms with Crippen LogP contribution in [0.3, 0.4) is 0 Å². The van der Waals surface area contributed by atoms with Gasteiger partial charge in [-0.15, -0.1) is 0 Å². The first-order valence-electron chi connectivity index (χ1n) is 24.6. The van der Waals surface area contributed by atoms with Gasteiger partial charge < -0.3 is 44.6 Å². The lowest BCUT2D eigenvalue weighted by Gasteiger charge is -2.34. The fourth-order valence-corrected chi connectivity index (χ4v) is 12.6. The minimum Gasteiger partial charge on any atom is -0.453 e. The van der Waals surface area contributed by atoms with Crippen molar-refractivity contribution in [2.24, 2.45) is 11.8 Å². The van der Waals surface area contributed by atoms with Crippen LogP contribution in [0.5, 0.6) is 0 Å². The number of likely N-dealkylation sites (tertiary alicyclic amines) is 2. The van der Waals surface area contributed by atoms with Crippen LogP contribution in [-0.2, 0) is 23.8 Å². The number of amides is 4. The molecule has 2 saturated heterocycles. The number of carbonyl (C=O) groups excluding carboxylic acids is 4. The van der Waals surface area contributed by atoms with Gasteiger partial charge in [0.15, 0.2) is 0 Å². The molecule has 5 aliphatic rings. The lowest BCUT2D eigenvalue weighted by molar-refractivity contribution is -0.140. The number of benzene rings is 3. The third kappa shape index (κ3) is 7.99. The first-order chi connectivity index (χ1) is 32.9. The number of carbonyl (C=O) groups is 4. The Labute approximate surface area is 397 Å². The van der Waals surface area contributed by atoms with E-state index in [1.807, 2.05) is 29.8 Å². The maximum atomic E-state index is 14.3. The number of rotatable bonds is 12. The van der Waals surface area contributed by atoms with Crippen LogP contribution in [0.4, 0.5) is 9.59 Å². The third-order valence-electron chi connectivity index (χ3n) is 16.1. The van der Waals surface area contributed by atoms with E-state index in [-0.39, 0.29) is 41.9 Å². The summed E-state index contributed by atoms with van der Waals surface area (Å²) < 4.78 is 15.3. The topological polar surface area (TPSA) is 184 Å². The van der Waals surface area contributed by atoms with E-state index in [0.717, 1.165) is 78.0 Å². The zero-order valence-electron chi connectivity index (χ0n) is 40.1. The lowest BCUT2D eigenvalue weighted by atomic mass is 9.81. The molecule has 4 amide bonds. The highest BCUT2D eigenvalue weighted by atomic mass is 16.5. The molecule has 3 aromatic carbocycles. The normalized spacial score (nSPS) is 25.1. The Bertz CT molecular complexity index is 2730. The number of nitrogens with one attached hydrogen (secondary N) is 4. The molecule has 15 nitrogen and oxygen atoms in total. The number of aromatic amines is 2. The maximum absolute atomic E-state index is 14.3. The van der Waals surface area contributed by atoms with Crippen LogP contribution in [0, 0.1) is 11.8 Å². The summed E-state index contributed by atoms with van der Waals surface area (Å²) in [7, 11) is 4.14. The maximum Gasteiger partial charge on any atom is 0.407 e. The second-order valence-corrected chi connectivity index (χ2v) is 20.2. The molecule has 2 bridgehead atoms. The highest BCUT2D eigenvalue weighted by Crippen LogP contribution is 2.58. The number of methoxy groups -OCH3 is 3. The number of hydrogen-bond donors (Lipinski definition) is 4. The van der Waals surface area contributed by atoms with Crippen LogP contribution in [0.2, 0.25) is 0 Å². The smallest absolute Gasteiger partial charge is 0.407 e. The van der Waals surface area contributed by atoms with Crippen LogP contribution >= 0.6 is 0 Å². The van der Waals surface area contributed by atoms with Gasteiger partial charge in [-0.1, -0.05) is 62.7 Å². The van der Waals surface area contributed by atoms with E-state index in [1.165, 1.54) is 68.4 Å². The molecule has 68 heavy (non-hydrogen) atoms. The largest absolute Gasteiger partial charge is 0.453 e. The molecular weight excluding hydrogens is 861 g/mol. The van der Waals surface area contributed by atoms with Crippen molar-refractivity contribution >= 4 is 35.0 Å². The van der Waals surface area contributed by atoms with Gasteiger partial charge in [-0.05, 0) is 140 Å². The number of ether oxygens (including phenoxy) is 3. The number of nitrogens with zero attached hydrogens (tertiary/aromatic N) is 4. The van der Waals surface area contributed by atoms with Crippen molar-refractivity contribution < 1.29 is 33.4 Å². The van der Waals surface area contributed by atoms with Gasteiger partial charge in [-0.25, -0.2) is 19.6 Å². The molecule has 2 aliphatic heterocycles. The Morgan fingerprint density at radius 3 is 2.01 bits per heavy atom. The monoisotopic (exact) mass is 924 g/mol. The van der Waals surface area contributed by atoms with Gasteiger partial charge in [0.1, 0.15) is 23.7 Å². The molecule has 10 atom stereocenters. The average Bonchev–Trinajstić information content (AvgIpc) is 4.22. The van der Waals surface area contributed by atoms with Crippen LogP contribution < -0.4 is 10.6 Å². The molecule has 3 unspecified atom stereocenters. The van der Waals surface area contributed by atoms with Crippen LogP contribution in [0.15, 0.2) is 60.8 Å². The Morgan fingerprint density at radius 2 is 1.34 bits per heavy atom. The van der Waals surface area contributed by atoms with Crippen LogP contribution in [0.1, 0.15) is 132 Å². The molecule has 2 aromatic heterocycles. The Balaban J connectivity index is 0.901. The SMILES string of the molecule is COC(=O)N[C@H](C(=O)N1[C@@H](C)CC[C@H]1c1nc2ccc(-c3ccc(-c4ccc(-c5cnc(C6C[C@@H]7CCC[C@@H]7N6C(=O)[C@@H](NC(=O)OC)[C@@H](C)OC)[nH]5)cc4)c4c3C3CCC4C3)cc2[nH]1)C(C)C. The fourth-order valence-electron chi connectivity index (χ4n) is 12.6. The van der Waals surface area contributed by atoms with Crippen molar-refractivity contribution in [3.05, 3.63) is 83.6 Å². The van der Waals surface area contributed by atoms with E-state index >= 15 is 0 Å². The number of alkyl carbamates (subject to hydrolysis) is 2. The molecule has 358 valence electrons. The standard InChI is InChI=1S/C53H64N8O7/c1-27(2)46(58-52(64)67-6)50(62)60-28(3)11-22-42(60)49-55-38-21-18-32(24-39(38)56-49)37-20-19-36(44-34-16-17-35(23-34)45(37)44)30-12-14-31(15-13-30)40-26-54-48(57-40)43-25-33-9-8-10-41(33)61(43)51(63)47(29(4)66-5)59-53(65)68-7/h12-15,18-21,24,26-29,33-35,41-43,46-47H,8-11,16-17,22-23,25H2,1-7H3,(H,54,57)(H,55,56)(H,58,64)(H,59,65)/t28-,29+,33-,34?,35?,41-,42-,43?,46-,47-/m0/s1. The number of aromatic nitrogens is 4. The lowest BCUT2D eigenvalue weighted by Crippen LogP contribution is -2.55. The van der Waals surface area contributed by atoms with Gasteiger partial charge in [0.05, 0.1) is 55.3 Å². The number of H-pyrrole nitrogens is 2. The average molecular weight is 925 g/mol. The zero-order valence-corrected chi connectivity index (χ0v) is 40.1. The van der Waals surface area contributed by atoms with Crippen molar-refractivity contribution in [1.82, 2.24) is 40.4 Å². The Hall–Kier alpha value is -6.22. The molecule has 0 radical (unpaired) electrons. The second-order valence-electron chi connectivity index (χ2n) is 20.2. The zero-order chi connectivity index (χ0) is 47.5. The van der Waals surface area contributed by atoms with Crippen LogP contribution in [-0.4, -0.2) is 105 Å². The molecule has 10 rings (SSSR count). The van der Waals surface area contributed by atoms with Gasteiger partial charge in [0.2, 0.25) is 11.8 Å². The molecule has 4 heterocycles. The second kappa shape index (κ2) is 18.4. The van der Waals surface area contributed by atoms with Gasteiger partial charge >= 0.3 is 12.2 Å². The van der Waals surface area contributed by atoms with Crippen molar-refractivity contribution in [1.29, 1.82) is 0 Å². The first-order valence-corrected chi connectivity index (χ1v) is 24.6. The number of imidazole rings is 2. The van der Waals surface area contributed by atoms with Crippen LogP contribution in [0.25, 0.3) is 44.5 Å². The quantitative estimate of drug-likeness (QED) is 0.0947. The van der Waals surface area contributed by atoms with E-state index in [1.54, 1.807) is 6.92 Å². The number of fused-ring (bicyclic) bond motifs is 7. The van der Waals surface area contributed by atoms with E-state index in [9.17, 15) is 19.2 Å². The predicted octanol–water partition coefficient (Wildman–Crippen LogP) is 9.29.